The summed E-state index contributed by atoms with van der Waals surface area (Å²) < 4.78 is 46.8. The Morgan fingerprint density at radius 1 is 0.912 bits per heavy atom. The number of aromatic nitrogens is 2. The molecular formula is C26H31F3N4O. The summed E-state index contributed by atoms with van der Waals surface area (Å²) in [5, 5.41) is 5.80. The molecule has 182 valence electrons. The van der Waals surface area contributed by atoms with Crippen LogP contribution in [-0.2, 0) is 11.6 Å². The van der Waals surface area contributed by atoms with E-state index in [-0.39, 0.29) is 17.2 Å². The predicted molar refractivity (Wildman–Crippen MR) is 130 cm³/mol. The molecule has 8 heteroatoms. The normalized spacial score (nSPS) is 11.9. The number of benzene rings is 2. The Bertz CT molecular complexity index is 1080. The van der Waals surface area contributed by atoms with Gasteiger partial charge in [-0.1, -0.05) is 64.8 Å². The van der Waals surface area contributed by atoms with Crippen LogP contribution in [0, 0.1) is 0 Å². The molecule has 0 bridgehead atoms. The third kappa shape index (κ3) is 6.85. The van der Waals surface area contributed by atoms with Crippen molar-refractivity contribution in [2.24, 2.45) is 0 Å². The lowest BCUT2D eigenvalue weighted by Gasteiger charge is -2.19. The fourth-order valence-corrected chi connectivity index (χ4v) is 3.28. The molecule has 0 fully saturated rings. The van der Waals surface area contributed by atoms with Crippen LogP contribution < -0.4 is 15.4 Å². The number of halogens is 3. The van der Waals surface area contributed by atoms with Crippen molar-refractivity contribution in [2.75, 3.05) is 17.2 Å². The lowest BCUT2D eigenvalue weighted by atomic mass is 9.87. The van der Waals surface area contributed by atoms with Crippen LogP contribution in [0.4, 0.5) is 36.3 Å². The first-order chi connectivity index (χ1) is 16.1. The molecule has 1 heterocycles. The molecule has 0 aliphatic heterocycles. The second-order valence-corrected chi connectivity index (χ2v) is 9.08. The van der Waals surface area contributed by atoms with Gasteiger partial charge in [0.1, 0.15) is 17.1 Å². The van der Waals surface area contributed by atoms with E-state index in [0.717, 1.165) is 31.0 Å². The third-order valence-corrected chi connectivity index (χ3v) is 5.25. The maximum absolute atomic E-state index is 13.7. The summed E-state index contributed by atoms with van der Waals surface area (Å²) in [5.74, 6) is 0.180. The largest absolute Gasteiger partial charge is 0.491 e. The lowest BCUT2D eigenvalue weighted by Crippen LogP contribution is -2.13. The van der Waals surface area contributed by atoms with Gasteiger partial charge >= 0.3 is 6.18 Å². The van der Waals surface area contributed by atoms with E-state index in [1.807, 2.05) is 24.3 Å². The molecule has 0 aliphatic rings. The Hall–Kier alpha value is -3.29. The fourth-order valence-electron chi connectivity index (χ4n) is 3.28. The maximum atomic E-state index is 13.7. The zero-order valence-corrected chi connectivity index (χ0v) is 20.0. The summed E-state index contributed by atoms with van der Waals surface area (Å²) in [5.41, 5.74) is 1.26. The molecule has 3 rings (SSSR count). The number of nitrogens with one attached hydrogen (secondary N) is 2. The molecule has 0 saturated carbocycles. The van der Waals surface area contributed by atoms with E-state index in [1.165, 1.54) is 0 Å². The van der Waals surface area contributed by atoms with E-state index in [2.05, 4.69) is 48.3 Å². The van der Waals surface area contributed by atoms with Gasteiger partial charge in [0.05, 0.1) is 12.3 Å². The Kier molecular flexibility index (Phi) is 8.02. The van der Waals surface area contributed by atoms with E-state index in [0.29, 0.717) is 23.7 Å². The number of unbranched alkanes of at least 4 members (excludes halogenated alkanes) is 2. The van der Waals surface area contributed by atoms with E-state index in [9.17, 15) is 13.2 Å². The molecule has 3 aromatic rings. The third-order valence-electron chi connectivity index (χ3n) is 5.25. The number of alkyl halides is 3. The van der Waals surface area contributed by atoms with Gasteiger partial charge < -0.3 is 15.4 Å². The highest BCUT2D eigenvalue weighted by molar-refractivity contribution is 5.67. The zero-order chi connectivity index (χ0) is 24.8. The molecule has 0 spiro atoms. The van der Waals surface area contributed by atoms with E-state index in [4.69, 9.17) is 4.74 Å². The number of para-hydroxylation sites is 2. The Morgan fingerprint density at radius 2 is 1.62 bits per heavy atom. The van der Waals surface area contributed by atoms with Crippen LogP contribution in [0.5, 0.6) is 5.75 Å². The van der Waals surface area contributed by atoms with Gasteiger partial charge in [0.2, 0.25) is 5.95 Å². The molecule has 0 radical (unpaired) electrons. The number of anilines is 4. The highest BCUT2D eigenvalue weighted by Gasteiger charge is 2.35. The SMILES string of the molecule is CCCCCOc1ccccc1Nc1nc(Nc2ccc(C(C)(C)C)cc2)ncc1C(F)(F)F. The summed E-state index contributed by atoms with van der Waals surface area (Å²) >= 11 is 0. The molecular weight excluding hydrogens is 441 g/mol. The smallest absolute Gasteiger partial charge is 0.421 e. The molecule has 5 nitrogen and oxygen atoms in total. The molecule has 0 saturated heterocycles. The van der Waals surface area contributed by atoms with Crippen LogP contribution in [0.3, 0.4) is 0 Å². The van der Waals surface area contributed by atoms with Crippen LogP contribution in [0.1, 0.15) is 58.1 Å². The van der Waals surface area contributed by atoms with Crippen molar-refractivity contribution in [1.29, 1.82) is 0 Å². The predicted octanol–water partition coefficient (Wildman–Crippen LogP) is 7.85. The monoisotopic (exact) mass is 472 g/mol. The highest BCUT2D eigenvalue weighted by Crippen LogP contribution is 2.37. The topological polar surface area (TPSA) is 59.1 Å². The number of ether oxygens (including phenoxy) is 1. The average Bonchev–Trinajstić information content (AvgIpc) is 2.77. The van der Waals surface area contributed by atoms with Crippen molar-refractivity contribution in [3.8, 4) is 5.75 Å². The summed E-state index contributed by atoms with van der Waals surface area (Å²) in [4.78, 5) is 8.04. The van der Waals surface area contributed by atoms with Crippen LogP contribution in [0.2, 0.25) is 0 Å². The maximum Gasteiger partial charge on any atom is 0.421 e. The standard InChI is InChI=1S/C26H31F3N4O/c1-5-6-9-16-34-22-11-8-7-10-21(22)32-23-20(26(27,28)29)17-30-24(33-23)31-19-14-12-18(13-15-19)25(2,3)4/h7-8,10-15,17H,5-6,9,16H2,1-4H3,(H2,30,31,32,33). The van der Waals surface area contributed by atoms with E-state index >= 15 is 0 Å². The Labute approximate surface area is 198 Å². The number of hydrogen-bond donors (Lipinski definition) is 2. The van der Waals surface area contributed by atoms with Gasteiger partial charge in [-0.3, -0.25) is 0 Å². The van der Waals surface area contributed by atoms with Crippen molar-refractivity contribution in [1.82, 2.24) is 9.97 Å². The average molecular weight is 473 g/mol. The van der Waals surface area contributed by atoms with Crippen LogP contribution >= 0.6 is 0 Å². The van der Waals surface area contributed by atoms with E-state index in [1.54, 1.807) is 24.3 Å². The van der Waals surface area contributed by atoms with Crippen molar-refractivity contribution in [2.45, 2.75) is 58.5 Å². The molecule has 0 amide bonds. The molecule has 1 aromatic heterocycles. The van der Waals surface area contributed by atoms with Gasteiger partial charge in [-0.15, -0.1) is 0 Å². The molecule has 0 atom stereocenters. The van der Waals surface area contributed by atoms with Gasteiger partial charge in [0.25, 0.3) is 0 Å². The second-order valence-electron chi connectivity index (χ2n) is 9.08. The first-order valence-corrected chi connectivity index (χ1v) is 11.4. The van der Waals surface area contributed by atoms with Crippen LogP contribution in [-0.4, -0.2) is 16.6 Å². The van der Waals surface area contributed by atoms with Gasteiger partial charge in [0, 0.05) is 11.9 Å². The van der Waals surface area contributed by atoms with Crippen LogP contribution in [0.15, 0.2) is 54.7 Å². The molecule has 34 heavy (non-hydrogen) atoms. The first-order valence-electron chi connectivity index (χ1n) is 11.4. The minimum atomic E-state index is -4.62. The zero-order valence-electron chi connectivity index (χ0n) is 20.0. The van der Waals surface area contributed by atoms with Crippen LogP contribution in [0.25, 0.3) is 0 Å². The second kappa shape index (κ2) is 10.8. The molecule has 2 aromatic carbocycles. The minimum Gasteiger partial charge on any atom is -0.491 e. The molecule has 0 unspecified atom stereocenters. The van der Waals surface area contributed by atoms with Gasteiger partial charge in [-0.05, 0) is 41.7 Å². The molecule has 0 aliphatic carbocycles. The van der Waals surface area contributed by atoms with Gasteiger partial charge in [0.15, 0.2) is 0 Å². The number of nitrogens with zero attached hydrogens (tertiary/aromatic N) is 2. The quantitative estimate of drug-likeness (QED) is 0.311. The number of hydrogen-bond acceptors (Lipinski definition) is 5. The van der Waals surface area contributed by atoms with Crippen molar-refractivity contribution in [3.63, 3.8) is 0 Å². The van der Waals surface area contributed by atoms with Crippen molar-refractivity contribution in [3.05, 3.63) is 65.9 Å². The summed E-state index contributed by atoms with van der Waals surface area (Å²) in [6.07, 6.45) is -0.897. The summed E-state index contributed by atoms with van der Waals surface area (Å²) in [6.45, 7) is 8.90. The minimum absolute atomic E-state index is 0.00746. The first kappa shape index (κ1) is 25.3. The highest BCUT2D eigenvalue weighted by atomic mass is 19.4. The summed E-state index contributed by atoms with van der Waals surface area (Å²) in [7, 11) is 0. The summed E-state index contributed by atoms with van der Waals surface area (Å²) in [6, 6.07) is 14.5. The Morgan fingerprint density at radius 3 is 2.26 bits per heavy atom. The van der Waals surface area contributed by atoms with Crippen molar-refractivity contribution < 1.29 is 17.9 Å². The lowest BCUT2D eigenvalue weighted by molar-refractivity contribution is -0.137. The molecule has 2 N–H and O–H groups in total. The van der Waals surface area contributed by atoms with Crippen molar-refractivity contribution >= 4 is 23.1 Å². The number of rotatable bonds is 9. The van der Waals surface area contributed by atoms with Gasteiger partial charge in [-0.2, -0.15) is 18.2 Å². The van der Waals surface area contributed by atoms with E-state index < -0.39 is 11.7 Å². The van der Waals surface area contributed by atoms with Gasteiger partial charge in [-0.25, -0.2) is 4.98 Å². The Balaban J connectivity index is 1.86. The fraction of sp³-hybridized carbons (Fsp3) is 0.385.